The van der Waals surface area contributed by atoms with E-state index in [-0.39, 0.29) is 0 Å². The Kier molecular flexibility index (Phi) is 0.770. The summed E-state index contributed by atoms with van der Waals surface area (Å²) in [5.41, 5.74) is 0.526. The predicted molar refractivity (Wildman–Crippen MR) is 31.6 cm³/mol. The second-order valence-electron chi connectivity index (χ2n) is 2.78. The van der Waals surface area contributed by atoms with Crippen LogP contribution < -0.4 is 0 Å². The van der Waals surface area contributed by atoms with E-state index in [9.17, 15) is 0 Å². The lowest BCUT2D eigenvalue weighted by Gasteiger charge is -2.13. The third kappa shape index (κ3) is 0.583. The van der Waals surface area contributed by atoms with E-state index in [0.717, 1.165) is 13.2 Å². The molecular weight excluding hydrogens is 100 g/mol. The summed E-state index contributed by atoms with van der Waals surface area (Å²) in [6.07, 6.45) is 7.15. The Bertz CT molecular complexity index is 122. The summed E-state index contributed by atoms with van der Waals surface area (Å²) < 4.78 is 5.26. The van der Waals surface area contributed by atoms with Crippen LogP contribution in [0.1, 0.15) is 12.8 Å². The van der Waals surface area contributed by atoms with Crippen molar-refractivity contribution in [2.75, 3.05) is 13.2 Å². The van der Waals surface area contributed by atoms with Crippen molar-refractivity contribution in [3.8, 4) is 0 Å². The van der Waals surface area contributed by atoms with E-state index in [1.807, 2.05) is 0 Å². The molecule has 2 rings (SSSR count). The monoisotopic (exact) mass is 110 g/mol. The molecule has 0 N–H and O–H groups in total. The second kappa shape index (κ2) is 1.35. The van der Waals surface area contributed by atoms with Crippen LogP contribution in [0.4, 0.5) is 0 Å². The van der Waals surface area contributed by atoms with Crippen molar-refractivity contribution in [1.29, 1.82) is 0 Å². The van der Waals surface area contributed by atoms with Crippen LogP contribution in [0.5, 0.6) is 0 Å². The molecule has 0 aromatic rings. The summed E-state index contributed by atoms with van der Waals surface area (Å²) in [5, 5.41) is 0. The first-order valence-corrected chi connectivity index (χ1v) is 3.17. The molecule has 0 atom stereocenters. The van der Waals surface area contributed by atoms with Gasteiger partial charge in [-0.3, -0.25) is 0 Å². The van der Waals surface area contributed by atoms with E-state index in [2.05, 4.69) is 12.2 Å². The van der Waals surface area contributed by atoms with Crippen LogP contribution in [-0.2, 0) is 4.74 Å². The van der Waals surface area contributed by atoms with Gasteiger partial charge in [0.2, 0.25) is 0 Å². The second-order valence-corrected chi connectivity index (χ2v) is 2.78. The Hall–Kier alpha value is -0.300. The maximum atomic E-state index is 5.26. The maximum absolute atomic E-state index is 5.26. The van der Waals surface area contributed by atoms with Crippen molar-refractivity contribution < 1.29 is 4.74 Å². The fraction of sp³-hybridized carbons (Fsp3) is 0.714. The van der Waals surface area contributed by atoms with Gasteiger partial charge in [0.1, 0.15) is 0 Å². The molecule has 1 saturated carbocycles. The van der Waals surface area contributed by atoms with Gasteiger partial charge in [-0.2, -0.15) is 0 Å². The molecule has 1 heterocycles. The van der Waals surface area contributed by atoms with Crippen molar-refractivity contribution in [1.82, 2.24) is 0 Å². The van der Waals surface area contributed by atoms with Crippen molar-refractivity contribution in [2.45, 2.75) is 12.8 Å². The Morgan fingerprint density at radius 1 is 1.38 bits per heavy atom. The third-order valence-corrected chi connectivity index (χ3v) is 1.97. The van der Waals surface area contributed by atoms with Crippen LogP contribution >= 0.6 is 0 Å². The topological polar surface area (TPSA) is 9.23 Å². The quantitative estimate of drug-likeness (QED) is 0.428. The van der Waals surface area contributed by atoms with Gasteiger partial charge in [0.15, 0.2) is 0 Å². The van der Waals surface area contributed by atoms with Gasteiger partial charge in [0.05, 0.1) is 13.2 Å². The first-order chi connectivity index (χ1) is 3.91. The number of ether oxygens (including phenoxy) is 1. The Morgan fingerprint density at radius 2 is 2.25 bits per heavy atom. The third-order valence-electron chi connectivity index (χ3n) is 1.97. The summed E-state index contributed by atoms with van der Waals surface area (Å²) in [7, 11) is 0. The molecule has 0 amide bonds. The van der Waals surface area contributed by atoms with E-state index in [4.69, 9.17) is 4.74 Å². The zero-order valence-electron chi connectivity index (χ0n) is 4.89. The Labute approximate surface area is 49.3 Å². The number of hydrogen-bond donors (Lipinski definition) is 0. The molecule has 0 unspecified atom stereocenters. The van der Waals surface area contributed by atoms with E-state index >= 15 is 0 Å². The molecular formula is C7H10O. The van der Waals surface area contributed by atoms with Gasteiger partial charge in [-0.25, -0.2) is 0 Å². The SMILES string of the molecule is C1=CC2(CC2)COC1. The molecule has 1 spiro atoms. The highest BCUT2D eigenvalue weighted by atomic mass is 16.5. The lowest BCUT2D eigenvalue weighted by Crippen LogP contribution is -2.12. The standard InChI is InChI=1S/C7H10O/c1-2-7(3-4-7)6-8-5-1/h1-2H,3-6H2. The molecule has 1 aliphatic heterocycles. The first kappa shape index (κ1) is 4.57. The van der Waals surface area contributed by atoms with Gasteiger partial charge in [-0.15, -0.1) is 0 Å². The van der Waals surface area contributed by atoms with Crippen LogP contribution in [0, 0.1) is 5.41 Å². The van der Waals surface area contributed by atoms with Gasteiger partial charge in [0.25, 0.3) is 0 Å². The van der Waals surface area contributed by atoms with Gasteiger partial charge >= 0.3 is 0 Å². The van der Waals surface area contributed by atoms with E-state index in [1.165, 1.54) is 12.8 Å². The molecule has 0 radical (unpaired) electrons. The molecule has 0 bridgehead atoms. The smallest absolute Gasteiger partial charge is 0.0648 e. The predicted octanol–water partition coefficient (Wildman–Crippen LogP) is 1.35. The number of rotatable bonds is 0. The minimum atomic E-state index is 0.526. The molecule has 1 heteroatoms. The van der Waals surface area contributed by atoms with Crippen molar-refractivity contribution in [3.05, 3.63) is 12.2 Å². The largest absolute Gasteiger partial charge is 0.376 e. The van der Waals surface area contributed by atoms with E-state index in [0.29, 0.717) is 5.41 Å². The molecule has 0 aromatic heterocycles. The summed E-state index contributed by atoms with van der Waals surface area (Å²) in [5.74, 6) is 0. The molecule has 8 heavy (non-hydrogen) atoms. The minimum Gasteiger partial charge on any atom is -0.376 e. The van der Waals surface area contributed by atoms with Crippen LogP contribution in [0.3, 0.4) is 0 Å². The van der Waals surface area contributed by atoms with Crippen LogP contribution in [0.15, 0.2) is 12.2 Å². The zero-order valence-corrected chi connectivity index (χ0v) is 4.89. The summed E-state index contributed by atoms with van der Waals surface area (Å²) in [6.45, 7) is 1.81. The van der Waals surface area contributed by atoms with Gasteiger partial charge < -0.3 is 4.74 Å². The Balaban J connectivity index is 2.13. The molecule has 1 aliphatic carbocycles. The lowest BCUT2D eigenvalue weighted by molar-refractivity contribution is 0.117. The highest BCUT2D eigenvalue weighted by molar-refractivity contribution is 5.11. The average molecular weight is 110 g/mol. The molecule has 1 fully saturated rings. The van der Waals surface area contributed by atoms with Crippen molar-refractivity contribution >= 4 is 0 Å². The maximum Gasteiger partial charge on any atom is 0.0648 e. The fourth-order valence-corrected chi connectivity index (χ4v) is 1.15. The molecule has 1 nitrogen and oxygen atoms in total. The molecule has 44 valence electrons. The normalized spacial score (nSPS) is 31.0. The summed E-state index contributed by atoms with van der Waals surface area (Å²) in [6, 6.07) is 0. The van der Waals surface area contributed by atoms with Gasteiger partial charge in [0, 0.05) is 5.41 Å². The van der Waals surface area contributed by atoms with E-state index in [1.54, 1.807) is 0 Å². The highest BCUT2D eigenvalue weighted by Gasteiger charge is 2.41. The number of hydrogen-bond acceptors (Lipinski definition) is 1. The Morgan fingerprint density at radius 3 is 2.62 bits per heavy atom. The van der Waals surface area contributed by atoms with Gasteiger partial charge in [-0.05, 0) is 12.8 Å². The molecule has 2 aliphatic rings. The fourth-order valence-electron chi connectivity index (χ4n) is 1.15. The lowest BCUT2D eigenvalue weighted by atomic mass is 10.1. The summed E-state index contributed by atoms with van der Waals surface area (Å²) in [4.78, 5) is 0. The summed E-state index contributed by atoms with van der Waals surface area (Å²) >= 11 is 0. The average Bonchev–Trinajstić information content (AvgIpc) is 2.52. The minimum absolute atomic E-state index is 0.526. The first-order valence-electron chi connectivity index (χ1n) is 3.17. The molecule has 0 aromatic carbocycles. The van der Waals surface area contributed by atoms with Crippen LogP contribution in [-0.4, -0.2) is 13.2 Å². The van der Waals surface area contributed by atoms with Crippen molar-refractivity contribution in [2.24, 2.45) is 5.41 Å². The van der Waals surface area contributed by atoms with E-state index < -0.39 is 0 Å². The highest BCUT2D eigenvalue weighted by Crippen LogP contribution is 2.48. The zero-order chi connectivity index (χ0) is 5.45. The van der Waals surface area contributed by atoms with Crippen molar-refractivity contribution in [3.63, 3.8) is 0 Å². The van der Waals surface area contributed by atoms with Crippen LogP contribution in [0.25, 0.3) is 0 Å². The van der Waals surface area contributed by atoms with Gasteiger partial charge in [-0.1, -0.05) is 12.2 Å². The van der Waals surface area contributed by atoms with Crippen LogP contribution in [0.2, 0.25) is 0 Å². The molecule has 0 saturated heterocycles.